The number of aromatic amines is 1. The van der Waals surface area contributed by atoms with Gasteiger partial charge in [0, 0.05) is 11.3 Å². The molecule has 0 radical (unpaired) electrons. The standard InChI is InChI=1S/C9H9N5OS/c15-8(6-3-10-14-13-6)12-9-11-7(4-16-9)5-1-2-5/h3-5H,1-2H2,(H,10,13,14)(H,11,12,15). The first kappa shape index (κ1) is 9.46. The molecule has 2 aromatic heterocycles. The van der Waals surface area contributed by atoms with E-state index >= 15 is 0 Å². The molecule has 0 aromatic carbocycles. The summed E-state index contributed by atoms with van der Waals surface area (Å²) in [6, 6.07) is 0. The third-order valence-corrected chi connectivity index (χ3v) is 3.16. The van der Waals surface area contributed by atoms with Crippen LogP contribution >= 0.6 is 11.3 Å². The molecule has 0 unspecified atom stereocenters. The summed E-state index contributed by atoms with van der Waals surface area (Å²) < 4.78 is 0. The minimum absolute atomic E-state index is 0.267. The molecule has 16 heavy (non-hydrogen) atoms. The number of carbonyl (C=O) groups is 1. The molecular formula is C9H9N5OS. The first-order valence-electron chi connectivity index (χ1n) is 4.95. The number of hydrogen-bond acceptors (Lipinski definition) is 5. The van der Waals surface area contributed by atoms with Gasteiger partial charge in [-0.2, -0.15) is 15.4 Å². The Morgan fingerprint density at radius 2 is 2.44 bits per heavy atom. The predicted octanol–water partition coefficient (Wildman–Crippen LogP) is 1.39. The van der Waals surface area contributed by atoms with Gasteiger partial charge in [-0.3, -0.25) is 10.1 Å². The topological polar surface area (TPSA) is 83.6 Å². The summed E-state index contributed by atoms with van der Waals surface area (Å²) in [5, 5.41) is 15.0. The normalized spacial score (nSPS) is 15.0. The van der Waals surface area contributed by atoms with E-state index in [2.05, 4.69) is 25.7 Å². The third-order valence-electron chi connectivity index (χ3n) is 2.39. The zero-order valence-electron chi connectivity index (χ0n) is 8.30. The van der Waals surface area contributed by atoms with Crippen LogP contribution in [-0.2, 0) is 0 Å². The number of amides is 1. The van der Waals surface area contributed by atoms with Gasteiger partial charge in [0.25, 0.3) is 5.91 Å². The summed E-state index contributed by atoms with van der Waals surface area (Å²) in [6.45, 7) is 0. The molecule has 0 saturated heterocycles. The molecule has 6 nitrogen and oxygen atoms in total. The van der Waals surface area contributed by atoms with E-state index in [1.54, 1.807) is 0 Å². The number of hydrogen-bond donors (Lipinski definition) is 2. The van der Waals surface area contributed by atoms with Gasteiger partial charge in [0.05, 0.1) is 11.9 Å². The molecule has 3 rings (SSSR count). The van der Waals surface area contributed by atoms with Gasteiger partial charge >= 0.3 is 0 Å². The molecule has 1 aliphatic rings. The molecule has 0 spiro atoms. The average molecular weight is 235 g/mol. The average Bonchev–Trinajstić information content (AvgIpc) is 2.82. The molecule has 7 heteroatoms. The summed E-state index contributed by atoms with van der Waals surface area (Å²) in [7, 11) is 0. The Balaban J connectivity index is 1.71. The highest BCUT2D eigenvalue weighted by molar-refractivity contribution is 7.14. The number of carbonyl (C=O) groups excluding carboxylic acids is 1. The van der Waals surface area contributed by atoms with Crippen LogP contribution in [0.15, 0.2) is 11.6 Å². The maximum absolute atomic E-state index is 11.6. The van der Waals surface area contributed by atoms with Crippen molar-refractivity contribution in [1.29, 1.82) is 0 Å². The lowest BCUT2D eigenvalue weighted by Gasteiger charge is -1.96. The van der Waals surface area contributed by atoms with Gasteiger partial charge < -0.3 is 0 Å². The predicted molar refractivity (Wildman–Crippen MR) is 58.4 cm³/mol. The van der Waals surface area contributed by atoms with E-state index in [0.29, 0.717) is 11.0 Å². The molecule has 1 fully saturated rings. The molecule has 1 saturated carbocycles. The van der Waals surface area contributed by atoms with Crippen LogP contribution in [0.25, 0.3) is 0 Å². The molecule has 2 heterocycles. The zero-order valence-corrected chi connectivity index (χ0v) is 9.12. The maximum atomic E-state index is 11.6. The summed E-state index contributed by atoms with van der Waals surface area (Å²) in [4.78, 5) is 16.0. The fourth-order valence-corrected chi connectivity index (χ4v) is 2.17. The number of anilines is 1. The van der Waals surface area contributed by atoms with Gasteiger partial charge in [0.1, 0.15) is 0 Å². The first-order valence-corrected chi connectivity index (χ1v) is 5.83. The minimum atomic E-state index is -0.287. The SMILES string of the molecule is O=C(Nc1nc(C2CC2)cs1)c1cn[nH]n1. The summed E-state index contributed by atoms with van der Waals surface area (Å²) in [5.41, 5.74) is 1.35. The lowest BCUT2D eigenvalue weighted by Crippen LogP contribution is -2.12. The van der Waals surface area contributed by atoms with Crippen molar-refractivity contribution in [1.82, 2.24) is 20.4 Å². The highest BCUT2D eigenvalue weighted by Gasteiger charge is 2.26. The Bertz CT molecular complexity index is 502. The Hall–Kier alpha value is -1.76. The molecule has 0 bridgehead atoms. The Morgan fingerprint density at radius 3 is 3.12 bits per heavy atom. The van der Waals surface area contributed by atoms with Gasteiger partial charge in [-0.25, -0.2) is 4.98 Å². The van der Waals surface area contributed by atoms with Gasteiger partial charge in [0.2, 0.25) is 0 Å². The molecule has 1 amide bonds. The number of thiazole rings is 1. The van der Waals surface area contributed by atoms with Gasteiger partial charge in [-0.05, 0) is 12.8 Å². The van der Waals surface area contributed by atoms with E-state index in [1.807, 2.05) is 5.38 Å². The van der Waals surface area contributed by atoms with E-state index in [9.17, 15) is 4.79 Å². The van der Waals surface area contributed by atoms with Gasteiger partial charge in [0.15, 0.2) is 10.8 Å². The van der Waals surface area contributed by atoms with E-state index < -0.39 is 0 Å². The largest absolute Gasteiger partial charge is 0.296 e. The second kappa shape index (κ2) is 3.67. The van der Waals surface area contributed by atoms with E-state index in [4.69, 9.17) is 0 Å². The van der Waals surface area contributed by atoms with Gasteiger partial charge in [-0.15, -0.1) is 11.3 Å². The summed E-state index contributed by atoms with van der Waals surface area (Å²) >= 11 is 1.44. The lowest BCUT2D eigenvalue weighted by atomic mass is 10.3. The zero-order chi connectivity index (χ0) is 11.0. The van der Waals surface area contributed by atoms with Crippen LogP contribution in [0.4, 0.5) is 5.13 Å². The van der Waals surface area contributed by atoms with Crippen LogP contribution in [0.2, 0.25) is 0 Å². The van der Waals surface area contributed by atoms with Crippen molar-refractivity contribution in [2.45, 2.75) is 18.8 Å². The summed E-state index contributed by atoms with van der Waals surface area (Å²) in [6.07, 6.45) is 3.80. The van der Waals surface area contributed by atoms with Crippen molar-refractivity contribution in [3.05, 3.63) is 23.0 Å². The molecule has 2 aromatic rings. The quantitative estimate of drug-likeness (QED) is 0.842. The first-order chi connectivity index (χ1) is 7.83. The van der Waals surface area contributed by atoms with Crippen molar-refractivity contribution in [3.8, 4) is 0 Å². The molecule has 0 aliphatic heterocycles. The number of rotatable bonds is 3. The van der Waals surface area contributed by atoms with Crippen LogP contribution in [-0.4, -0.2) is 26.3 Å². The number of nitrogens with zero attached hydrogens (tertiary/aromatic N) is 3. The lowest BCUT2D eigenvalue weighted by molar-refractivity contribution is 0.102. The number of H-pyrrole nitrogens is 1. The van der Waals surface area contributed by atoms with Crippen molar-refractivity contribution >= 4 is 22.4 Å². The summed E-state index contributed by atoms with van der Waals surface area (Å²) in [5.74, 6) is 0.319. The highest BCUT2D eigenvalue weighted by atomic mass is 32.1. The number of nitrogens with one attached hydrogen (secondary N) is 2. The van der Waals surface area contributed by atoms with Crippen molar-refractivity contribution in [2.75, 3.05) is 5.32 Å². The smallest absolute Gasteiger partial charge is 0.279 e. The molecule has 0 atom stereocenters. The molecule has 1 aliphatic carbocycles. The van der Waals surface area contributed by atoms with Crippen LogP contribution in [0.3, 0.4) is 0 Å². The molecule has 2 N–H and O–H groups in total. The molecule has 82 valence electrons. The Morgan fingerprint density at radius 1 is 1.56 bits per heavy atom. The highest BCUT2D eigenvalue weighted by Crippen LogP contribution is 2.40. The van der Waals surface area contributed by atoms with Crippen molar-refractivity contribution in [2.24, 2.45) is 0 Å². The van der Waals surface area contributed by atoms with Crippen LogP contribution in [0.5, 0.6) is 0 Å². The van der Waals surface area contributed by atoms with E-state index in [0.717, 1.165) is 5.69 Å². The van der Waals surface area contributed by atoms with E-state index in [-0.39, 0.29) is 11.6 Å². The van der Waals surface area contributed by atoms with Crippen LogP contribution in [0, 0.1) is 0 Å². The maximum Gasteiger partial charge on any atom is 0.279 e. The molecular weight excluding hydrogens is 226 g/mol. The van der Waals surface area contributed by atoms with Gasteiger partial charge in [-0.1, -0.05) is 0 Å². The second-order valence-electron chi connectivity index (χ2n) is 3.66. The monoisotopic (exact) mass is 235 g/mol. The number of aromatic nitrogens is 4. The van der Waals surface area contributed by atoms with E-state index in [1.165, 1.54) is 30.4 Å². The van der Waals surface area contributed by atoms with Crippen molar-refractivity contribution in [3.63, 3.8) is 0 Å². The van der Waals surface area contributed by atoms with Crippen LogP contribution < -0.4 is 5.32 Å². The fourth-order valence-electron chi connectivity index (χ4n) is 1.38. The Labute approximate surface area is 95.1 Å². The third kappa shape index (κ3) is 1.81. The second-order valence-corrected chi connectivity index (χ2v) is 4.52. The minimum Gasteiger partial charge on any atom is -0.296 e. The van der Waals surface area contributed by atoms with Crippen molar-refractivity contribution < 1.29 is 4.79 Å². The fraction of sp³-hybridized carbons (Fsp3) is 0.333. The Kier molecular flexibility index (Phi) is 2.17. The van der Waals surface area contributed by atoms with Crippen LogP contribution in [0.1, 0.15) is 34.9 Å².